The van der Waals surface area contributed by atoms with Gasteiger partial charge in [-0.15, -0.1) is 0 Å². The molecule has 0 aliphatic heterocycles. The Kier molecular flexibility index (Phi) is 3.82. The lowest BCUT2D eigenvalue weighted by molar-refractivity contribution is 0.281. The van der Waals surface area contributed by atoms with Gasteiger partial charge in [0.2, 0.25) is 10.0 Å². The van der Waals surface area contributed by atoms with Crippen LogP contribution in [0.1, 0.15) is 5.56 Å². The van der Waals surface area contributed by atoms with E-state index in [-0.39, 0.29) is 6.61 Å². The Bertz CT molecular complexity index is 684. The number of pyridine rings is 1. The minimum Gasteiger partial charge on any atom is -0.392 e. The second-order valence-electron chi connectivity index (χ2n) is 4.16. The molecule has 19 heavy (non-hydrogen) atoms. The molecule has 100 valence electrons. The number of aliphatic hydroxyl groups excluding tert-OH is 1. The van der Waals surface area contributed by atoms with Crippen LogP contribution in [0, 0.1) is 0 Å². The Morgan fingerprint density at radius 2 is 2.00 bits per heavy atom. The van der Waals surface area contributed by atoms with Gasteiger partial charge in [0, 0.05) is 23.5 Å². The second-order valence-corrected chi connectivity index (χ2v) is 5.91. The molecule has 0 aliphatic rings. The van der Waals surface area contributed by atoms with E-state index >= 15 is 0 Å². The Balaban J connectivity index is 2.49. The molecule has 2 aromatic rings. The van der Waals surface area contributed by atoms with Crippen LogP contribution in [0.3, 0.4) is 0 Å². The molecule has 6 heteroatoms. The van der Waals surface area contributed by atoms with E-state index < -0.39 is 10.0 Å². The molecular weight excluding hydrogens is 264 g/mol. The zero-order valence-corrected chi connectivity index (χ0v) is 11.2. The fourth-order valence-electron chi connectivity index (χ4n) is 1.74. The summed E-state index contributed by atoms with van der Waals surface area (Å²) >= 11 is 0. The third kappa shape index (κ3) is 3.52. The number of nitrogens with zero attached hydrogens (tertiary/aromatic N) is 1. The normalized spacial score (nSPS) is 11.3. The van der Waals surface area contributed by atoms with Gasteiger partial charge in [-0.05, 0) is 17.7 Å². The maximum absolute atomic E-state index is 11.3. The quantitative estimate of drug-likeness (QED) is 0.890. The molecule has 0 radical (unpaired) electrons. The van der Waals surface area contributed by atoms with E-state index in [1.54, 1.807) is 36.7 Å². The number of anilines is 1. The SMILES string of the molecule is CS(=O)(=O)Nc1ccccc1-c1cncc(CO)c1. The van der Waals surface area contributed by atoms with Crippen molar-refractivity contribution < 1.29 is 13.5 Å². The summed E-state index contributed by atoms with van der Waals surface area (Å²) in [5.41, 5.74) is 2.63. The molecule has 5 nitrogen and oxygen atoms in total. The number of aromatic nitrogens is 1. The van der Waals surface area contributed by atoms with E-state index in [1.165, 1.54) is 0 Å². The molecular formula is C13H14N2O3S. The molecule has 1 aromatic heterocycles. The van der Waals surface area contributed by atoms with Crippen molar-refractivity contribution >= 4 is 15.7 Å². The van der Waals surface area contributed by atoms with Crippen LogP contribution in [-0.4, -0.2) is 24.8 Å². The topological polar surface area (TPSA) is 79.3 Å². The van der Waals surface area contributed by atoms with Gasteiger partial charge in [0.25, 0.3) is 0 Å². The van der Waals surface area contributed by atoms with Crippen LogP contribution in [0.5, 0.6) is 0 Å². The summed E-state index contributed by atoms with van der Waals surface area (Å²) in [6.07, 6.45) is 4.30. The Hall–Kier alpha value is -1.92. The van der Waals surface area contributed by atoms with Crippen molar-refractivity contribution in [3.63, 3.8) is 0 Å². The highest BCUT2D eigenvalue weighted by Gasteiger charge is 2.09. The van der Waals surface area contributed by atoms with Crippen molar-refractivity contribution in [2.45, 2.75) is 6.61 Å². The average molecular weight is 278 g/mol. The van der Waals surface area contributed by atoms with Crippen molar-refractivity contribution in [3.05, 3.63) is 48.3 Å². The molecule has 0 saturated heterocycles. The standard InChI is InChI=1S/C13H14N2O3S/c1-19(17,18)15-13-5-3-2-4-12(13)11-6-10(9-16)7-14-8-11/h2-8,15-16H,9H2,1H3. The number of nitrogens with one attached hydrogen (secondary N) is 1. The predicted molar refractivity (Wildman–Crippen MR) is 74.1 cm³/mol. The molecule has 0 bridgehead atoms. The third-order valence-electron chi connectivity index (χ3n) is 2.51. The molecule has 0 saturated carbocycles. The Labute approximate surface area is 112 Å². The number of hydrogen-bond donors (Lipinski definition) is 2. The van der Waals surface area contributed by atoms with Crippen LogP contribution < -0.4 is 4.72 Å². The predicted octanol–water partition coefficient (Wildman–Crippen LogP) is 1.61. The first-order valence-electron chi connectivity index (χ1n) is 5.61. The first-order chi connectivity index (χ1) is 8.99. The zero-order valence-electron chi connectivity index (χ0n) is 10.4. The number of sulfonamides is 1. The van der Waals surface area contributed by atoms with Gasteiger partial charge in [0.15, 0.2) is 0 Å². The van der Waals surface area contributed by atoms with E-state index in [1.807, 2.05) is 6.07 Å². The van der Waals surface area contributed by atoms with Crippen molar-refractivity contribution in [3.8, 4) is 11.1 Å². The van der Waals surface area contributed by atoms with Gasteiger partial charge in [-0.2, -0.15) is 0 Å². The number of hydrogen-bond acceptors (Lipinski definition) is 4. The molecule has 0 atom stereocenters. The number of rotatable bonds is 4. The molecule has 2 rings (SSSR count). The Morgan fingerprint density at radius 3 is 2.68 bits per heavy atom. The molecule has 1 heterocycles. The van der Waals surface area contributed by atoms with Gasteiger partial charge in [0.1, 0.15) is 0 Å². The summed E-state index contributed by atoms with van der Waals surface area (Å²) in [6, 6.07) is 8.82. The second kappa shape index (κ2) is 5.38. The maximum Gasteiger partial charge on any atom is 0.229 e. The number of benzene rings is 1. The molecule has 2 N–H and O–H groups in total. The van der Waals surface area contributed by atoms with Crippen molar-refractivity contribution in [1.29, 1.82) is 0 Å². The van der Waals surface area contributed by atoms with Crippen LogP contribution in [0.2, 0.25) is 0 Å². The van der Waals surface area contributed by atoms with Crippen LogP contribution in [0.4, 0.5) is 5.69 Å². The van der Waals surface area contributed by atoms with Crippen LogP contribution >= 0.6 is 0 Å². The minimum absolute atomic E-state index is 0.109. The van der Waals surface area contributed by atoms with Crippen LogP contribution in [-0.2, 0) is 16.6 Å². The zero-order chi connectivity index (χ0) is 13.9. The summed E-state index contributed by atoms with van der Waals surface area (Å²) in [5.74, 6) is 0. The van der Waals surface area contributed by atoms with Gasteiger partial charge < -0.3 is 5.11 Å². The fraction of sp³-hybridized carbons (Fsp3) is 0.154. The molecule has 0 fully saturated rings. The minimum atomic E-state index is -3.34. The molecule has 0 aliphatic carbocycles. The first-order valence-corrected chi connectivity index (χ1v) is 7.51. The monoisotopic (exact) mass is 278 g/mol. The number of para-hydroxylation sites is 1. The van der Waals surface area contributed by atoms with E-state index in [4.69, 9.17) is 5.11 Å². The lowest BCUT2D eigenvalue weighted by atomic mass is 10.0. The molecule has 1 aromatic carbocycles. The van der Waals surface area contributed by atoms with Gasteiger partial charge in [-0.3, -0.25) is 9.71 Å². The van der Waals surface area contributed by atoms with Crippen LogP contribution in [0.15, 0.2) is 42.7 Å². The largest absolute Gasteiger partial charge is 0.392 e. The highest BCUT2D eigenvalue weighted by atomic mass is 32.2. The highest BCUT2D eigenvalue weighted by Crippen LogP contribution is 2.28. The molecule has 0 unspecified atom stereocenters. The van der Waals surface area contributed by atoms with Gasteiger partial charge >= 0.3 is 0 Å². The van der Waals surface area contributed by atoms with E-state index in [0.29, 0.717) is 11.3 Å². The third-order valence-corrected chi connectivity index (χ3v) is 3.10. The lowest BCUT2D eigenvalue weighted by Crippen LogP contribution is -2.10. The van der Waals surface area contributed by atoms with Crippen molar-refractivity contribution in [2.75, 3.05) is 11.0 Å². The van der Waals surface area contributed by atoms with Gasteiger partial charge in [-0.1, -0.05) is 18.2 Å². The molecule has 0 amide bonds. The fourth-order valence-corrected chi connectivity index (χ4v) is 2.32. The van der Waals surface area contributed by atoms with E-state index in [0.717, 1.165) is 17.4 Å². The van der Waals surface area contributed by atoms with Gasteiger partial charge in [-0.25, -0.2) is 8.42 Å². The van der Waals surface area contributed by atoms with Crippen molar-refractivity contribution in [2.24, 2.45) is 0 Å². The number of aliphatic hydroxyl groups is 1. The summed E-state index contributed by atoms with van der Waals surface area (Å²) in [5, 5.41) is 9.11. The first kappa shape index (κ1) is 13.5. The summed E-state index contributed by atoms with van der Waals surface area (Å²) in [6.45, 7) is -0.109. The maximum atomic E-state index is 11.3. The molecule has 0 spiro atoms. The van der Waals surface area contributed by atoms with E-state index in [9.17, 15) is 8.42 Å². The highest BCUT2D eigenvalue weighted by molar-refractivity contribution is 7.92. The van der Waals surface area contributed by atoms with E-state index in [2.05, 4.69) is 9.71 Å². The van der Waals surface area contributed by atoms with Gasteiger partial charge in [0.05, 0.1) is 18.6 Å². The summed E-state index contributed by atoms with van der Waals surface area (Å²) < 4.78 is 25.1. The van der Waals surface area contributed by atoms with Crippen LogP contribution in [0.25, 0.3) is 11.1 Å². The lowest BCUT2D eigenvalue weighted by Gasteiger charge is -2.11. The summed E-state index contributed by atoms with van der Waals surface area (Å²) in [7, 11) is -3.34. The Morgan fingerprint density at radius 1 is 1.26 bits per heavy atom. The smallest absolute Gasteiger partial charge is 0.229 e. The summed E-state index contributed by atoms with van der Waals surface area (Å²) in [4.78, 5) is 4.03. The average Bonchev–Trinajstić information content (AvgIpc) is 2.37. The van der Waals surface area contributed by atoms with Crippen molar-refractivity contribution in [1.82, 2.24) is 4.98 Å².